The zero-order valence-electron chi connectivity index (χ0n) is 11.7. The molecule has 0 aromatic carbocycles. The van der Waals surface area contributed by atoms with Crippen molar-refractivity contribution in [2.45, 2.75) is 39.5 Å². The number of urea groups is 1. The average molecular weight is 250 g/mol. The van der Waals surface area contributed by atoms with Crippen molar-refractivity contribution in [3.8, 4) is 0 Å². The average Bonchev–Trinajstić information content (AvgIpc) is 2.36. The molecule has 1 heterocycles. The van der Waals surface area contributed by atoms with Crippen LogP contribution in [-0.4, -0.2) is 30.6 Å². The van der Waals surface area contributed by atoms with Crippen LogP contribution >= 0.6 is 0 Å². The summed E-state index contributed by atoms with van der Waals surface area (Å²) in [6.45, 7) is 7.15. The Kier molecular flexibility index (Phi) is 4.67. The van der Waals surface area contributed by atoms with Crippen molar-refractivity contribution in [3.05, 3.63) is 12.2 Å². The molecule has 1 N–H and O–H groups in total. The van der Waals surface area contributed by atoms with Gasteiger partial charge in [0.1, 0.15) is 0 Å². The Morgan fingerprint density at radius 2 is 2.00 bits per heavy atom. The molecule has 0 aromatic rings. The van der Waals surface area contributed by atoms with Crippen LogP contribution in [0.4, 0.5) is 4.79 Å². The number of piperidine rings is 1. The van der Waals surface area contributed by atoms with Crippen molar-refractivity contribution in [1.82, 2.24) is 10.2 Å². The number of amides is 2. The summed E-state index contributed by atoms with van der Waals surface area (Å²) < 4.78 is 0. The maximum atomic E-state index is 12.1. The van der Waals surface area contributed by atoms with Crippen LogP contribution < -0.4 is 5.32 Å². The van der Waals surface area contributed by atoms with Crippen molar-refractivity contribution in [2.24, 2.45) is 17.8 Å². The third kappa shape index (κ3) is 3.76. The SMILES string of the molecule is CC1CC(C)CN(C(=O)NCC2CC=CCC2)C1. The van der Waals surface area contributed by atoms with E-state index >= 15 is 0 Å². The highest BCUT2D eigenvalue weighted by Gasteiger charge is 2.25. The summed E-state index contributed by atoms with van der Waals surface area (Å²) in [5, 5.41) is 3.12. The van der Waals surface area contributed by atoms with Gasteiger partial charge < -0.3 is 10.2 Å². The van der Waals surface area contributed by atoms with Gasteiger partial charge in [-0.3, -0.25) is 0 Å². The lowest BCUT2D eigenvalue weighted by molar-refractivity contribution is 0.145. The van der Waals surface area contributed by atoms with Crippen LogP contribution in [0.25, 0.3) is 0 Å². The van der Waals surface area contributed by atoms with E-state index in [0.29, 0.717) is 17.8 Å². The van der Waals surface area contributed by atoms with E-state index in [2.05, 4.69) is 31.3 Å². The number of nitrogens with zero attached hydrogens (tertiary/aromatic N) is 1. The number of nitrogens with one attached hydrogen (secondary N) is 1. The Bertz CT molecular complexity index is 304. The molecule has 0 spiro atoms. The lowest BCUT2D eigenvalue weighted by Crippen LogP contribution is -2.48. The molecule has 3 heteroatoms. The molecule has 2 rings (SSSR count). The molecule has 0 radical (unpaired) electrons. The van der Waals surface area contributed by atoms with Gasteiger partial charge in [0.15, 0.2) is 0 Å². The first-order valence-electron chi connectivity index (χ1n) is 7.33. The van der Waals surface area contributed by atoms with E-state index in [-0.39, 0.29) is 6.03 Å². The fourth-order valence-electron chi connectivity index (χ4n) is 3.21. The summed E-state index contributed by atoms with van der Waals surface area (Å²) in [4.78, 5) is 14.1. The Hall–Kier alpha value is -0.990. The Morgan fingerprint density at radius 3 is 2.61 bits per heavy atom. The molecule has 2 amide bonds. The Labute approximate surface area is 111 Å². The van der Waals surface area contributed by atoms with Crippen LogP contribution in [0.15, 0.2) is 12.2 Å². The van der Waals surface area contributed by atoms with Gasteiger partial charge in [-0.1, -0.05) is 26.0 Å². The Morgan fingerprint density at radius 1 is 1.28 bits per heavy atom. The lowest BCUT2D eigenvalue weighted by atomic mass is 9.92. The molecule has 2 aliphatic rings. The molecule has 3 unspecified atom stereocenters. The zero-order chi connectivity index (χ0) is 13.0. The topological polar surface area (TPSA) is 32.3 Å². The predicted molar refractivity (Wildman–Crippen MR) is 74.4 cm³/mol. The van der Waals surface area contributed by atoms with Crippen molar-refractivity contribution in [3.63, 3.8) is 0 Å². The largest absolute Gasteiger partial charge is 0.338 e. The van der Waals surface area contributed by atoms with E-state index in [1.54, 1.807) is 0 Å². The van der Waals surface area contributed by atoms with Crippen LogP contribution in [0, 0.1) is 17.8 Å². The third-order valence-corrected chi connectivity index (χ3v) is 4.08. The molecule has 0 aromatic heterocycles. The number of rotatable bonds is 2. The van der Waals surface area contributed by atoms with Gasteiger partial charge in [0.25, 0.3) is 0 Å². The molecule has 3 nitrogen and oxygen atoms in total. The molecular formula is C15H26N2O. The first-order valence-corrected chi connectivity index (χ1v) is 7.33. The molecule has 3 atom stereocenters. The van der Waals surface area contributed by atoms with Crippen LogP contribution in [0.1, 0.15) is 39.5 Å². The molecule has 1 fully saturated rings. The summed E-state index contributed by atoms with van der Waals surface area (Å²) in [5.41, 5.74) is 0. The van der Waals surface area contributed by atoms with Crippen LogP contribution in [0.2, 0.25) is 0 Å². The summed E-state index contributed by atoms with van der Waals surface area (Å²) in [7, 11) is 0. The fraction of sp³-hybridized carbons (Fsp3) is 0.800. The van der Waals surface area contributed by atoms with Gasteiger partial charge in [-0.25, -0.2) is 4.79 Å². The highest BCUT2D eigenvalue weighted by molar-refractivity contribution is 5.74. The summed E-state index contributed by atoms with van der Waals surface area (Å²) >= 11 is 0. The number of allylic oxidation sites excluding steroid dienone is 2. The van der Waals surface area contributed by atoms with Gasteiger partial charge in [-0.15, -0.1) is 0 Å². The van der Waals surface area contributed by atoms with Crippen molar-refractivity contribution in [1.29, 1.82) is 0 Å². The maximum absolute atomic E-state index is 12.1. The number of carbonyl (C=O) groups is 1. The van der Waals surface area contributed by atoms with Crippen molar-refractivity contribution >= 4 is 6.03 Å². The lowest BCUT2D eigenvalue weighted by Gasteiger charge is -2.35. The second kappa shape index (κ2) is 6.26. The van der Waals surface area contributed by atoms with E-state index in [4.69, 9.17) is 0 Å². The van der Waals surface area contributed by atoms with Gasteiger partial charge in [0.05, 0.1) is 0 Å². The van der Waals surface area contributed by atoms with Crippen molar-refractivity contribution < 1.29 is 4.79 Å². The van der Waals surface area contributed by atoms with Gasteiger partial charge in [0, 0.05) is 19.6 Å². The van der Waals surface area contributed by atoms with E-state index in [1.165, 1.54) is 12.8 Å². The quantitative estimate of drug-likeness (QED) is 0.751. The second-order valence-corrected chi connectivity index (χ2v) is 6.19. The number of carbonyl (C=O) groups excluding carboxylic acids is 1. The molecular weight excluding hydrogens is 224 g/mol. The first kappa shape index (κ1) is 13.4. The molecule has 18 heavy (non-hydrogen) atoms. The minimum atomic E-state index is 0.142. The molecule has 102 valence electrons. The maximum Gasteiger partial charge on any atom is 0.317 e. The monoisotopic (exact) mass is 250 g/mol. The normalized spacial score (nSPS) is 32.3. The van der Waals surface area contributed by atoms with E-state index in [0.717, 1.165) is 32.5 Å². The standard InChI is InChI=1S/C15H26N2O/c1-12-8-13(2)11-17(10-12)15(18)16-9-14-6-4-3-5-7-14/h3-4,12-14H,5-11H2,1-2H3,(H,16,18). The summed E-state index contributed by atoms with van der Waals surface area (Å²) in [6.07, 6.45) is 9.23. The number of hydrogen-bond acceptors (Lipinski definition) is 1. The smallest absolute Gasteiger partial charge is 0.317 e. The summed E-state index contributed by atoms with van der Waals surface area (Å²) in [5.74, 6) is 1.91. The molecule has 1 aliphatic carbocycles. The van der Waals surface area contributed by atoms with Gasteiger partial charge in [0.2, 0.25) is 0 Å². The van der Waals surface area contributed by atoms with E-state index in [1.807, 2.05) is 4.90 Å². The molecule has 0 bridgehead atoms. The van der Waals surface area contributed by atoms with Crippen LogP contribution in [0.5, 0.6) is 0 Å². The zero-order valence-corrected chi connectivity index (χ0v) is 11.7. The highest BCUT2D eigenvalue weighted by atomic mass is 16.2. The van der Waals surface area contributed by atoms with Gasteiger partial charge in [-0.2, -0.15) is 0 Å². The summed E-state index contributed by atoms with van der Waals surface area (Å²) in [6, 6.07) is 0.142. The minimum Gasteiger partial charge on any atom is -0.338 e. The van der Waals surface area contributed by atoms with Crippen LogP contribution in [0.3, 0.4) is 0 Å². The van der Waals surface area contributed by atoms with Gasteiger partial charge >= 0.3 is 6.03 Å². The fourth-order valence-corrected chi connectivity index (χ4v) is 3.21. The predicted octanol–water partition coefficient (Wildman–Crippen LogP) is 3.03. The van der Waals surface area contributed by atoms with Crippen LogP contribution in [-0.2, 0) is 0 Å². The van der Waals surface area contributed by atoms with E-state index < -0.39 is 0 Å². The minimum absolute atomic E-state index is 0.142. The molecule has 1 saturated heterocycles. The second-order valence-electron chi connectivity index (χ2n) is 6.19. The van der Waals surface area contributed by atoms with Crippen molar-refractivity contribution in [2.75, 3.05) is 19.6 Å². The third-order valence-electron chi connectivity index (χ3n) is 4.08. The molecule has 0 saturated carbocycles. The van der Waals surface area contributed by atoms with Gasteiger partial charge in [-0.05, 0) is 43.4 Å². The highest BCUT2D eigenvalue weighted by Crippen LogP contribution is 2.21. The number of hydrogen-bond donors (Lipinski definition) is 1. The molecule has 1 aliphatic heterocycles. The Balaban J connectivity index is 1.75. The van der Waals surface area contributed by atoms with E-state index in [9.17, 15) is 4.79 Å². The first-order chi connectivity index (χ1) is 8.65. The number of likely N-dealkylation sites (tertiary alicyclic amines) is 1.